The maximum Gasteiger partial charge on any atom is 0.326 e. The van der Waals surface area contributed by atoms with Gasteiger partial charge in [-0.1, -0.05) is 24.3 Å². The van der Waals surface area contributed by atoms with Crippen LogP contribution in [0.3, 0.4) is 0 Å². The van der Waals surface area contributed by atoms with E-state index < -0.39 is 53.8 Å². The van der Waals surface area contributed by atoms with Gasteiger partial charge in [0.05, 0.1) is 17.5 Å². The van der Waals surface area contributed by atoms with Crippen molar-refractivity contribution in [2.75, 3.05) is 6.54 Å². The van der Waals surface area contributed by atoms with Crippen molar-refractivity contribution in [3.05, 3.63) is 70.2 Å². The number of aromatic nitrogens is 3. The second-order valence-corrected chi connectivity index (χ2v) is 11.8. The Morgan fingerprint density at radius 1 is 1.06 bits per heavy atom. The number of benzene rings is 1. The number of carbonyl (C=O) groups excluding carboxylic acids is 4. The highest BCUT2D eigenvalue weighted by molar-refractivity contribution is 7.07. The first-order valence-corrected chi connectivity index (χ1v) is 15.8. The second-order valence-electron chi connectivity index (χ2n) is 11.1. The normalized spacial score (nSPS) is 15.8. The van der Waals surface area contributed by atoms with E-state index in [0.29, 0.717) is 11.4 Å². The first-order valence-electron chi connectivity index (χ1n) is 14.9. The van der Waals surface area contributed by atoms with Crippen LogP contribution < -0.4 is 27.4 Å². The van der Waals surface area contributed by atoms with Gasteiger partial charge in [0.2, 0.25) is 23.6 Å². The maximum atomic E-state index is 14.1. The van der Waals surface area contributed by atoms with Gasteiger partial charge in [-0.15, -0.1) is 11.3 Å². The van der Waals surface area contributed by atoms with Gasteiger partial charge in [0.1, 0.15) is 24.2 Å². The number of rotatable bonds is 15. The number of H-pyrrole nitrogens is 1. The van der Waals surface area contributed by atoms with Crippen molar-refractivity contribution in [1.29, 1.82) is 0 Å². The average Bonchev–Trinajstić information content (AvgIpc) is 3.75. The number of carboxylic acids is 1. The Hall–Kier alpha value is -5.32. The maximum absolute atomic E-state index is 14.1. The molecular weight excluding hydrogens is 628 g/mol. The van der Waals surface area contributed by atoms with E-state index >= 15 is 0 Å². The number of thiazole rings is 1. The van der Waals surface area contributed by atoms with Gasteiger partial charge in [0.15, 0.2) is 5.96 Å². The molecule has 4 amide bonds. The Morgan fingerprint density at radius 2 is 1.77 bits per heavy atom. The fraction of sp³-hybridized carbons (Fsp3) is 0.400. The van der Waals surface area contributed by atoms with Crippen LogP contribution >= 0.6 is 11.3 Å². The number of amides is 4. The largest absolute Gasteiger partial charge is 0.480 e. The number of nitrogens with zero attached hydrogens (tertiary/aromatic N) is 4. The molecule has 1 aliphatic rings. The number of carbonyl (C=O) groups is 5. The van der Waals surface area contributed by atoms with Crippen molar-refractivity contribution >= 4 is 46.9 Å². The minimum atomic E-state index is -1.20. The van der Waals surface area contributed by atoms with Crippen LogP contribution in [0.15, 0.2) is 52.7 Å². The molecule has 16 nitrogen and oxygen atoms in total. The summed E-state index contributed by atoms with van der Waals surface area (Å²) in [6.07, 6.45) is 3.50. The lowest BCUT2D eigenvalue weighted by atomic mass is 9.93. The zero-order chi connectivity index (χ0) is 33.9. The van der Waals surface area contributed by atoms with Crippen LogP contribution in [0, 0.1) is 0 Å². The Balaban J connectivity index is 1.58. The Bertz CT molecular complexity index is 1580. The van der Waals surface area contributed by atoms with E-state index in [1.165, 1.54) is 35.7 Å². The number of aliphatic carboxylic acids is 1. The monoisotopic (exact) mass is 666 g/mol. The van der Waals surface area contributed by atoms with E-state index in [2.05, 4.69) is 35.9 Å². The van der Waals surface area contributed by atoms with Crippen molar-refractivity contribution in [3.63, 3.8) is 0 Å². The van der Waals surface area contributed by atoms with Crippen molar-refractivity contribution in [2.45, 2.75) is 69.7 Å². The fourth-order valence-electron chi connectivity index (χ4n) is 5.31. The minimum Gasteiger partial charge on any atom is -0.480 e. The highest BCUT2D eigenvalue weighted by Crippen LogP contribution is 2.25. The first-order chi connectivity index (χ1) is 22.5. The molecule has 9 N–H and O–H groups in total. The third-order valence-corrected chi connectivity index (χ3v) is 8.21. The fourth-order valence-corrected chi connectivity index (χ4v) is 5.88. The SMILES string of the molecule is CC(=O)N[C@@H](Cc1cnc[nH]1)C(=O)NC(Cc1cscn1)C(=O)N[C@@H](CCCN=C(N)N)C(=O)N1Cc2ccccc2C[C@H]1C(=O)O. The third kappa shape index (κ3) is 9.83. The summed E-state index contributed by atoms with van der Waals surface area (Å²) < 4.78 is 0. The summed E-state index contributed by atoms with van der Waals surface area (Å²) >= 11 is 1.31. The van der Waals surface area contributed by atoms with Crippen LogP contribution in [-0.4, -0.2) is 91.2 Å². The standard InChI is InChI=1S/C30H38N10O6S/c1-17(41)37-23(10-20-12-33-15-35-20)26(42)39-24(11-21-14-47-16-36-21)27(43)38-22(7-4-8-34-30(31)32)28(44)40-13-19-6-3-2-5-18(19)9-25(40)29(45)46/h2-3,5-6,12,14-16,22-25H,4,7-11,13H2,1H3,(H,33,35)(H,37,41)(H,38,43)(H,39,42)(H,45,46)(H4,31,32,34)/t22-,23-,24?,25-/m0/s1. The zero-order valence-corrected chi connectivity index (χ0v) is 26.5. The molecule has 0 saturated carbocycles. The predicted molar refractivity (Wildman–Crippen MR) is 172 cm³/mol. The summed E-state index contributed by atoms with van der Waals surface area (Å²) in [7, 11) is 0. The second kappa shape index (κ2) is 16.3. The number of guanidine groups is 1. The van der Waals surface area contributed by atoms with Gasteiger partial charge in [-0.25, -0.2) is 14.8 Å². The molecular formula is C30H38N10O6S. The average molecular weight is 667 g/mol. The van der Waals surface area contributed by atoms with Crippen LogP contribution in [-0.2, 0) is 49.8 Å². The Kier molecular flexibility index (Phi) is 12.0. The predicted octanol–water partition coefficient (Wildman–Crippen LogP) is -0.783. The van der Waals surface area contributed by atoms with Crippen LogP contribution in [0.2, 0.25) is 0 Å². The van der Waals surface area contributed by atoms with Crippen LogP contribution in [0.4, 0.5) is 0 Å². The molecule has 0 spiro atoms. The van der Waals surface area contributed by atoms with E-state index in [-0.39, 0.29) is 51.2 Å². The van der Waals surface area contributed by atoms with E-state index in [9.17, 15) is 29.1 Å². The van der Waals surface area contributed by atoms with E-state index in [4.69, 9.17) is 11.5 Å². The molecule has 0 saturated heterocycles. The quantitative estimate of drug-likeness (QED) is 0.0605. The number of nitrogens with one attached hydrogen (secondary N) is 4. The smallest absolute Gasteiger partial charge is 0.326 e. The Labute approximate surface area is 274 Å². The Morgan fingerprint density at radius 3 is 2.38 bits per heavy atom. The summed E-state index contributed by atoms with van der Waals surface area (Å²) in [6.45, 7) is 1.48. The van der Waals surface area contributed by atoms with Crippen LogP contribution in [0.25, 0.3) is 0 Å². The van der Waals surface area contributed by atoms with Gasteiger partial charge in [-0.3, -0.25) is 24.2 Å². The highest BCUT2D eigenvalue weighted by atomic mass is 32.1. The lowest BCUT2D eigenvalue weighted by molar-refractivity contribution is -0.153. The van der Waals surface area contributed by atoms with E-state index in [1.807, 2.05) is 24.3 Å². The number of aliphatic imine (C=N–C) groups is 1. The number of imidazole rings is 1. The summed E-state index contributed by atoms with van der Waals surface area (Å²) in [6, 6.07) is 2.71. The molecule has 0 radical (unpaired) electrons. The number of nitrogens with two attached hydrogens (primary N) is 2. The van der Waals surface area contributed by atoms with Crippen molar-refractivity contribution in [2.24, 2.45) is 16.5 Å². The van der Waals surface area contributed by atoms with Crippen molar-refractivity contribution in [1.82, 2.24) is 35.8 Å². The number of carboxylic acid groups (broad SMARTS) is 1. The van der Waals surface area contributed by atoms with Gasteiger partial charge in [0, 0.05) is 56.5 Å². The summed E-state index contributed by atoms with van der Waals surface area (Å²) in [4.78, 5) is 82.0. The molecule has 2 aromatic heterocycles. The molecule has 250 valence electrons. The molecule has 3 heterocycles. The van der Waals surface area contributed by atoms with E-state index in [0.717, 1.165) is 11.1 Å². The van der Waals surface area contributed by atoms with Gasteiger partial charge in [0.25, 0.3) is 0 Å². The molecule has 0 aliphatic carbocycles. The van der Waals surface area contributed by atoms with Crippen molar-refractivity contribution in [3.8, 4) is 0 Å². The molecule has 1 aromatic carbocycles. The number of fused-ring (bicyclic) bond motifs is 1. The molecule has 0 fully saturated rings. The van der Waals surface area contributed by atoms with Gasteiger partial charge in [-0.2, -0.15) is 0 Å². The molecule has 0 bridgehead atoms. The number of hydrogen-bond donors (Lipinski definition) is 7. The summed E-state index contributed by atoms with van der Waals surface area (Å²) in [5.74, 6) is -3.69. The zero-order valence-electron chi connectivity index (χ0n) is 25.7. The topological polar surface area (TPSA) is 251 Å². The minimum absolute atomic E-state index is 0.0122. The molecule has 1 aliphatic heterocycles. The van der Waals surface area contributed by atoms with Crippen LogP contribution in [0.1, 0.15) is 42.3 Å². The molecule has 4 rings (SSSR count). The number of hydrogen-bond acceptors (Lipinski definition) is 9. The molecule has 17 heteroatoms. The summed E-state index contributed by atoms with van der Waals surface area (Å²) in [5.41, 5.74) is 15.2. The third-order valence-electron chi connectivity index (χ3n) is 7.58. The molecule has 4 atom stereocenters. The lowest BCUT2D eigenvalue weighted by Crippen LogP contribution is -2.59. The van der Waals surface area contributed by atoms with Gasteiger partial charge < -0.3 is 42.4 Å². The number of aromatic amines is 1. The lowest BCUT2D eigenvalue weighted by Gasteiger charge is -2.37. The van der Waals surface area contributed by atoms with Gasteiger partial charge >= 0.3 is 5.97 Å². The molecule has 3 aromatic rings. The first kappa shape index (κ1) is 34.6. The van der Waals surface area contributed by atoms with Crippen LogP contribution in [0.5, 0.6) is 0 Å². The van der Waals surface area contributed by atoms with Crippen molar-refractivity contribution < 1.29 is 29.1 Å². The molecule has 47 heavy (non-hydrogen) atoms. The van der Waals surface area contributed by atoms with E-state index in [1.54, 1.807) is 10.9 Å². The highest BCUT2D eigenvalue weighted by Gasteiger charge is 2.38. The summed E-state index contributed by atoms with van der Waals surface area (Å²) in [5, 5.41) is 19.8. The van der Waals surface area contributed by atoms with Gasteiger partial charge in [-0.05, 0) is 24.0 Å². The molecule has 1 unspecified atom stereocenters.